The molecule has 7 nitrogen and oxygen atoms in total. The van der Waals surface area contributed by atoms with E-state index in [2.05, 4.69) is 14.9 Å². The highest BCUT2D eigenvalue weighted by atomic mass is 32.2. The molecule has 0 aliphatic heterocycles. The molecule has 0 unspecified atom stereocenters. The van der Waals surface area contributed by atoms with Gasteiger partial charge >= 0.3 is 5.97 Å². The molecule has 0 spiro atoms. The minimum absolute atomic E-state index is 0.0955. The molecule has 2 N–H and O–H groups in total. The lowest BCUT2D eigenvalue weighted by molar-refractivity contribution is -0.138. The number of benzene rings is 1. The van der Waals surface area contributed by atoms with Gasteiger partial charge in [0.1, 0.15) is 11.6 Å². The second-order valence-electron chi connectivity index (χ2n) is 4.67. The van der Waals surface area contributed by atoms with Crippen LogP contribution in [0.25, 0.3) is 11.1 Å². The van der Waals surface area contributed by atoms with Crippen LogP contribution in [-0.4, -0.2) is 26.8 Å². The van der Waals surface area contributed by atoms with Crippen LogP contribution in [0.1, 0.15) is 13.8 Å². The summed E-state index contributed by atoms with van der Waals surface area (Å²) in [7, 11) is 0. The van der Waals surface area contributed by atoms with E-state index in [-0.39, 0.29) is 6.01 Å². The Morgan fingerprint density at radius 2 is 2.20 bits per heavy atom. The number of nitroso groups, excluding NO2 is 1. The van der Waals surface area contributed by atoms with E-state index in [1.54, 1.807) is 38.1 Å². The number of carboxylic acids is 1. The number of carboxylic acid groups (broad SMARTS) is 1. The van der Waals surface area contributed by atoms with Crippen LogP contribution in [0.5, 0.6) is 0 Å². The second-order valence-corrected chi connectivity index (χ2v) is 6.06. The molecule has 1 aromatic heterocycles. The van der Waals surface area contributed by atoms with Gasteiger partial charge in [-0.15, -0.1) is 4.91 Å². The lowest BCUT2D eigenvalue weighted by Gasteiger charge is -2.27. The Morgan fingerprint density at radius 1 is 1.50 bits per heavy atom. The zero-order valence-electron chi connectivity index (χ0n) is 10.9. The quantitative estimate of drug-likeness (QED) is 0.623. The van der Waals surface area contributed by atoms with Crippen molar-refractivity contribution in [3.05, 3.63) is 29.2 Å². The highest BCUT2D eigenvalue weighted by Gasteiger charge is 2.38. The Bertz CT molecular complexity index is 607. The molecule has 0 radical (unpaired) electrons. The molecule has 2 rings (SSSR count). The first-order valence-corrected chi connectivity index (χ1v) is 6.57. The fourth-order valence-corrected chi connectivity index (χ4v) is 2.20. The fourth-order valence-electron chi connectivity index (χ4n) is 1.74. The number of nitrogens with one attached hydrogen (secondary N) is 1. The molecule has 1 heterocycles. The summed E-state index contributed by atoms with van der Waals surface area (Å²) in [6, 6.07) is 6.11. The van der Waals surface area contributed by atoms with E-state index < -0.39 is 16.8 Å². The van der Waals surface area contributed by atoms with Crippen molar-refractivity contribution in [3.8, 4) is 0 Å². The number of carbonyl (C=O) groups is 1. The Morgan fingerprint density at radius 3 is 2.80 bits per heavy atom. The van der Waals surface area contributed by atoms with E-state index in [1.807, 2.05) is 0 Å². The fraction of sp³-hybridized carbons (Fsp3) is 0.333. The number of para-hydroxylation sites is 2. The zero-order chi connectivity index (χ0) is 14.8. The van der Waals surface area contributed by atoms with Gasteiger partial charge in [0.15, 0.2) is 5.58 Å². The summed E-state index contributed by atoms with van der Waals surface area (Å²) in [5.41, 5.74) is 1.18. The number of hydrogen-bond donors (Lipinski definition) is 2. The molecule has 0 aliphatic carbocycles. The van der Waals surface area contributed by atoms with Gasteiger partial charge in [0.05, 0.1) is 4.75 Å². The highest BCUT2D eigenvalue weighted by Crippen LogP contribution is 2.31. The SMILES string of the molecule is CC(C)(SN=O)[C@@H](Nc1nc2ccccc2o1)C(=O)O. The van der Waals surface area contributed by atoms with Crippen molar-refractivity contribution in [2.24, 2.45) is 4.58 Å². The smallest absolute Gasteiger partial charge is 0.327 e. The zero-order valence-corrected chi connectivity index (χ0v) is 11.7. The van der Waals surface area contributed by atoms with Crippen LogP contribution in [0.15, 0.2) is 33.3 Å². The summed E-state index contributed by atoms with van der Waals surface area (Å²) < 4.78 is 7.18. The number of aromatic nitrogens is 1. The first-order valence-electron chi connectivity index (χ1n) is 5.80. The molecular formula is C12H13N3O4S. The normalized spacial score (nSPS) is 13.1. The van der Waals surface area contributed by atoms with Crippen molar-refractivity contribution in [1.82, 2.24) is 4.98 Å². The van der Waals surface area contributed by atoms with Crippen molar-refractivity contribution in [2.75, 3.05) is 5.32 Å². The summed E-state index contributed by atoms with van der Waals surface area (Å²) >= 11 is 0.653. The molecule has 1 atom stereocenters. The van der Waals surface area contributed by atoms with Crippen molar-refractivity contribution in [2.45, 2.75) is 24.6 Å². The second kappa shape index (κ2) is 5.49. The van der Waals surface area contributed by atoms with Gasteiger partial charge in [0.25, 0.3) is 6.01 Å². The van der Waals surface area contributed by atoms with Crippen LogP contribution < -0.4 is 5.32 Å². The largest absolute Gasteiger partial charge is 0.480 e. The number of hydrogen-bond acceptors (Lipinski definition) is 7. The number of anilines is 1. The van der Waals surface area contributed by atoms with Gasteiger partial charge in [-0.05, 0) is 26.0 Å². The van der Waals surface area contributed by atoms with Crippen LogP contribution >= 0.6 is 11.9 Å². The van der Waals surface area contributed by atoms with E-state index >= 15 is 0 Å². The molecule has 0 saturated carbocycles. The molecule has 106 valence electrons. The Labute approximate surface area is 118 Å². The van der Waals surface area contributed by atoms with Gasteiger partial charge in [-0.1, -0.05) is 12.1 Å². The van der Waals surface area contributed by atoms with Crippen molar-refractivity contribution in [1.29, 1.82) is 0 Å². The molecule has 0 bridgehead atoms. The maximum absolute atomic E-state index is 11.4. The number of rotatable bonds is 6. The lowest BCUT2D eigenvalue weighted by Crippen LogP contribution is -2.45. The summed E-state index contributed by atoms with van der Waals surface area (Å²) in [5.74, 6) is -1.12. The molecule has 8 heteroatoms. The number of fused-ring (bicyclic) bond motifs is 1. The third-order valence-corrected chi connectivity index (χ3v) is 3.56. The third-order valence-electron chi connectivity index (χ3n) is 2.78. The van der Waals surface area contributed by atoms with E-state index in [9.17, 15) is 14.8 Å². The molecule has 0 aliphatic rings. The molecule has 1 aromatic carbocycles. The van der Waals surface area contributed by atoms with Crippen LogP contribution in [0, 0.1) is 4.91 Å². The van der Waals surface area contributed by atoms with E-state index in [0.717, 1.165) is 0 Å². The Balaban J connectivity index is 2.28. The summed E-state index contributed by atoms with van der Waals surface area (Å²) in [4.78, 5) is 25.9. The first-order chi connectivity index (χ1) is 9.44. The Hall–Kier alpha value is -2.09. The number of oxazole rings is 1. The maximum atomic E-state index is 11.4. The summed E-state index contributed by atoms with van der Waals surface area (Å²) in [6.07, 6.45) is 0. The lowest BCUT2D eigenvalue weighted by atomic mass is 10.0. The van der Waals surface area contributed by atoms with Gasteiger partial charge in [0, 0.05) is 16.5 Å². The summed E-state index contributed by atoms with van der Waals surface area (Å²) in [6.45, 7) is 3.21. The minimum Gasteiger partial charge on any atom is -0.480 e. The first kappa shape index (κ1) is 14.3. The van der Waals surface area contributed by atoms with Crippen LogP contribution in [0.2, 0.25) is 0 Å². The van der Waals surface area contributed by atoms with Gasteiger partial charge in [0.2, 0.25) is 0 Å². The van der Waals surface area contributed by atoms with E-state index in [1.165, 1.54) is 0 Å². The average Bonchev–Trinajstić information content (AvgIpc) is 2.77. The number of aliphatic carboxylic acids is 1. The highest BCUT2D eigenvalue weighted by molar-refractivity contribution is 7.99. The molecule has 0 fully saturated rings. The van der Waals surface area contributed by atoms with Crippen molar-refractivity contribution in [3.63, 3.8) is 0 Å². The monoisotopic (exact) mass is 295 g/mol. The third kappa shape index (κ3) is 2.90. The topological polar surface area (TPSA) is 105 Å². The van der Waals surface area contributed by atoms with Gasteiger partial charge in [-0.3, -0.25) is 0 Å². The van der Waals surface area contributed by atoms with Crippen LogP contribution in [-0.2, 0) is 4.79 Å². The molecule has 0 saturated heterocycles. The number of nitrogens with zero attached hydrogens (tertiary/aromatic N) is 2. The molecule has 2 aromatic rings. The average molecular weight is 295 g/mol. The minimum atomic E-state index is -1.12. The van der Waals surface area contributed by atoms with Gasteiger partial charge in [-0.2, -0.15) is 4.98 Å². The Kier molecular flexibility index (Phi) is 3.93. The molecule has 0 amide bonds. The van der Waals surface area contributed by atoms with Crippen LogP contribution in [0.4, 0.5) is 6.01 Å². The standard InChI is InChI=1S/C12H13N3O4S/c1-12(2,20-15-18)9(10(16)17)14-11-13-7-5-3-4-6-8(7)19-11/h3-6,9H,1-2H3,(H,13,14)(H,16,17)/t9-/m0/s1. The van der Waals surface area contributed by atoms with Crippen LogP contribution in [0.3, 0.4) is 0 Å². The van der Waals surface area contributed by atoms with Crippen molar-refractivity contribution >= 4 is 35.0 Å². The summed E-state index contributed by atoms with van der Waals surface area (Å²) in [5, 5.41) is 12.0. The molecule has 20 heavy (non-hydrogen) atoms. The van der Waals surface area contributed by atoms with Gasteiger partial charge in [-0.25, -0.2) is 4.79 Å². The predicted octanol–water partition coefficient (Wildman–Crippen LogP) is 2.89. The van der Waals surface area contributed by atoms with E-state index in [4.69, 9.17) is 4.42 Å². The maximum Gasteiger partial charge on any atom is 0.327 e. The van der Waals surface area contributed by atoms with Crippen molar-refractivity contribution < 1.29 is 14.3 Å². The van der Waals surface area contributed by atoms with E-state index in [0.29, 0.717) is 23.0 Å². The van der Waals surface area contributed by atoms with Gasteiger partial charge < -0.3 is 14.8 Å². The molecular weight excluding hydrogens is 282 g/mol. The predicted molar refractivity (Wildman–Crippen MR) is 76.5 cm³/mol.